The zero-order chi connectivity index (χ0) is 26.7. The molecule has 1 N–H and O–H groups in total. The minimum atomic E-state index is -5.02. The van der Waals surface area contributed by atoms with E-state index in [2.05, 4.69) is 5.32 Å². The number of nitro benzene ring substituents is 1. The van der Waals surface area contributed by atoms with Gasteiger partial charge < -0.3 is 15.0 Å². The fourth-order valence-electron chi connectivity index (χ4n) is 4.25. The fourth-order valence-corrected chi connectivity index (χ4v) is 4.25. The molecular formula is C25H28F3N3O5. The van der Waals surface area contributed by atoms with E-state index in [4.69, 9.17) is 4.74 Å². The maximum absolute atomic E-state index is 14.4. The molecule has 8 nitrogen and oxygen atoms in total. The molecular weight excluding hydrogens is 479 g/mol. The van der Waals surface area contributed by atoms with Crippen LogP contribution in [-0.4, -0.2) is 42.0 Å². The summed E-state index contributed by atoms with van der Waals surface area (Å²) < 4.78 is 48.5. The summed E-state index contributed by atoms with van der Waals surface area (Å²) in [5.74, 6) is -1.15. The van der Waals surface area contributed by atoms with E-state index < -0.39 is 51.1 Å². The molecule has 0 radical (unpaired) electrons. The average molecular weight is 508 g/mol. The Labute approximate surface area is 206 Å². The molecule has 11 heteroatoms. The van der Waals surface area contributed by atoms with Crippen LogP contribution in [0.15, 0.2) is 42.5 Å². The summed E-state index contributed by atoms with van der Waals surface area (Å²) in [7, 11) is 0. The predicted octanol–water partition coefficient (Wildman–Crippen LogP) is 5.59. The molecule has 36 heavy (non-hydrogen) atoms. The number of alkyl halides is 3. The van der Waals surface area contributed by atoms with E-state index in [1.54, 1.807) is 26.8 Å². The van der Waals surface area contributed by atoms with Gasteiger partial charge in [-0.05, 0) is 45.6 Å². The monoisotopic (exact) mass is 507 g/mol. The molecule has 0 bridgehead atoms. The number of nitrogens with one attached hydrogen (secondary N) is 1. The molecule has 0 spiro atoms. The third-order valence-corrected chi connectivity index (χ3v) is 5.69. The van der Waals surface area contributed by atoms with Crippen molar-refractivity contribution in [2.45, 2.75) is 45.4 Å². The molecule has 2 aromatic carbocycles. The van der Waals surface area contributed by atoms with Crippen LogP contribution in [-0.2, 0) is 10.9 Å². The fraction of sp³-hybridized carbons (Fsp3) is 0.440. The largest absolute Gasteiger partial charge is 0.444 e. The van der Waals surface area contributed by atoms with E-state index >= 15 is 0 Å². The summed E-state index contributed by atoms with van der Waals surface area (Å²) in [5, 5.41) is 14.4. The van der Waals surface area contributed by atoms with Gasteiger partial charge in [-0.15, -0.1) is 0 Å². The molecule has 3 rings (SSSR count). The lowest BCUT2D eigenvalue weighted by Crippen LogP contribution is -2.43. The summed E-state index contributed by atoms with van der Waals surface area (Å²) in [4.78, 5) is 37.3. The molecule has 1 aliphatic heterocycles. The Bertz CT molecular complexity index is 1130. The first-order valence-corrected chi connectivity index (χ1v) is 11.5. The molecule has 0 aromatic heterocycles. The summed E-state index contributed by atoms with van der Waals surface area (Å²) in [6.45, 7) is 5.41. The SMILES string of the molecule is CC(C)(C)OC(=O)NC[C@@H]1CCCN(c2c([N+](=O)[O-])ccc(C(=O)c3ccccc3)c2C(F)(F)F)C1. The Hall–Kier alpha value is -3.63. The number of piperidine rings is 1. The number of hydrogen-bond acceptors (Lipinski definition) is 6. The number of alkyl carbamates (subject to hydrolysis) is 1. The molecule has 0 unspecified atom stereocenters. The number of rotatable bonds is 6. The van der Waals surface area contributed by atoms with Gasteiger partial charge in [0.15, 0.2) is 5.78 Å². The number of carbonyl (C=O) groups is 2. The molecule has 1 fully saturated rings. The standard InChI is InChI=1S/C25H28F3N3O5/c1-24(2,3)36-23(33)29-14-16-8-7-13-30(15-16)21-19(31(34)35)12-11-18(20(21)25(26,27)28)22(32)17-9-5-4-6-10-17/h4-6,9-12,16H,7-8,13-15H2,1-3H3,(H,29,33)/t16-/m0/s1. The van der Waals surface area contributed by atoms with Crippen LogP contribution in [0.5, 0.6) is 0 Å². The van der Waals surface area contributed by atoms with Gasteiger partial charge in [0.25, 0.3) is 5.69 Å². The van der Waals surface area contributed by atoms with Crippen molar-refractivity contribution in [3.63, 3.8) is 0 Å². The molecule has 194 valence electrons. The zero-order valence-electron chi connectivity index (χ0n) is 20.2. The van der Waals surface area contributed by atoms with Crippen molar-refractivity contribution in [2.24, 2.45) is 5.92 Å². The Kier molecular flexibility index (Phi) is 7.90. The summed E-state index contributed by atoms with van der Waals surface area (Å²) in [6, 6.07) is 9.28. The molecule has 1 amide bonds. The van der Waals surface area contributed by atoms with E-state index in [1.807, 2.05) is 0 Å². The van der Waals surface area contributed by atoms with Crippen molar-refractivity contribution >= 4 is 23.3 Å². The molecule has 1 aliphatic rings. The molecule has 1 saturated heterocycles. The molecule has 1 atom stereocenters. The molecule has 2 aromatic rings. The molecule has 1 heterocycles. The Morgan fingerprint density at radius 2 is 1.81 bits per heavy atom. The zero-order valence-corrected chi connectivity index (χ0v) is 20.2. The maximum Gasteiger partial charge on any atom is 0.419 e. The van der Waals surface area contributed by atoms with E-state index in [1.165, 1.54) is 29.2 Å². The van der Waals surface area contributed by atoms with Crippen LogP contribution >= 0.6 is 0 Å². The topological polar surface area (TPSA) is 102 Å². The second-order valence-corrected chi connectivity index (χ2v) is 9.64. The Morgan fingerprint density at radius 1 is 1.14 bits per heavy atom. The quantitative estimate of drug-likeness (QED) is 0.311. The van der Waals surface area contributed by atoms with Gasteiger partial charge in [-0.1, -0.05) is 30.3 Å². The lowest BCUT2D eigenvalue weighted by atomic mass is 9.92. The second-order valence-electron chi connectivity index (χ2n) is 9.64. The van der Waals surface area contributed by atoms with Gasteiger partial charge in [-0.25, -0.2) is 4.79 Å². The highest BCUT2D eigenvalue weighted by Crippen LogP contribution is 2.45. The van der Waals surface area contributed by atoms with Crippen LogP contribution in [0.1, 0.15) is 55.1 Å². The number of nitrogens with zero attached hydrogens (tertiary/aromatic N) is 2. The van der Waals surface area contributed by atoms with E-state index in [0.717, 1.165) is 12.1 Å². The van der Waals surface area contributed by atoms with E-state index in [-0.39, 0.29) is 31.1 Å². The normalized spacial score (nSPS) is 16.4. The minimum absolute atomic E-state index is 0.0305. The van der Waals surface area contributed by atoms with Crippen LogP contribution in [0.3, 0.4) is 0 Å². The van der Waals surface area contributed by atoms with Crippen molar-refractivity contribution in [1.29, 1.82) is 0 Å². The van der Waals surface area contributed by atoms with Crippen LogP contribution in [0, 0.1) is 16.0 Å². The van der Waals surface area contributed by atoms with Gasteiger partial charge >= 0.3 is 12.3 Å². The number of nitro groups is 1. The third kappa shape index (κ3) is 6.52. The number of halogens is 3. The lowest BCUT2D eigenvalue weighted by molar-refractivity contribution is -0.384. The van der Waals surface area contributed by atoms with Crippen molar-refractivity contribution < 1.29 is 32.4 Å². The second kappa shape index (κ2) is 10.5. The Balaban J connectivity index is 1.99. The van der Waals surface area contributed by atoms with E-state index in [0.29, 0.717) is 12.8 Å². The summed E-state index contributed by atoms with van der Waals surface area (Å²) in [5.41, 5.74) is -4.00. The van der Waals surface area contributed by atoms with E-state index in [9.17, 15) is 32.9 Å². The van der Waals surface area contributed by atoms with Crippen LogP contribution < -0.4 is 10.2 Å². The molecule has 0 aliphatic carbocycles. The van der Waals surface area contributed by atoms with Crippen molar-refractivity contribution in [3.8, 4) is 0 Å². The van der Waals surface area contributed by atoms with Crippen molar-refractivity contribution in [2.75, 3.05) is 24.5 Å². The van der Waals surface area contributed by atoms with Crippen LogP contribution in [0.25, 0.3) is 0 Å². The highest BCUT2D eigenvalue weighted by molar-refractivity contribution is 6.11. The first-order chi connectivity index (χ1) is 16.8. The van der Waals surface area contributed by atoms with Crippen LogP contribution in [0.2, 0.25) is 0 Å². The highest BCUT2D eigenvalue weighted by atomic mass is 19.4. The number of anilines is 1. The van der Waals surface area contributed by atoms with Gasteiger partial charge in [0.2, 0.25) is 0 Å². The first-order valence-electron chi connectivity index (χ1n) is 11.5. The highest BCUT2D eigenvalue weighted by Gasteiger charge is 2.43. The minimum Gasteiger partial charge on any atom is -0.444 e. The number of ketones is 1. The number of carbonyl (C=O) groups excluding carboxylic acids is 2. The number of hydrogen-bond donors (Lipinski definition) is 1. The summed E-state index contributed by atoms with van der Waals surface area (Å²) in [6.07, 6.45) is -4.63. The maximum atomic E-state index is 14.4. The number of amides is 1. The average Bonchev–Trinajstić information content (AvgIpc) is 2.80. The summed E-state index contributed by atoms with van der Waals surface area (Å²) >= 11 is 0. The molecule has 0 saturated carbocycles. The van der Waals surface area contributed by atoms with Crippen LogP contribution in [0.4, 0.5) is 29.3 Å². The predicted molar refractivity (Wildman–Crippen MR) is 127 cm³/mol. The lowest BCUT2D eigenvalue weighted by Gasteiger charge is -2.36. The van der Waals surface area contributed by atoms with Crippen molar-refractivity contribution in [3.05, 3.63) is 69.3 Å². The van der Waals surface area contributed by atoms with Gasteiger partial charge in [0.05, 0.1) is 10.5 Å². The number of ether oxygens (including phenoxy) is 1. The van der Waals surface area contributed by atoms with Crippen molar-refractivity contribution in [1.82, 2.24) is 5.32 Å². The van der Waals surface area contributed by atoms with Gasteiger partial charge in [-0.3, -0.25) is 14.9 Å². The third-order valence-electron chi connectivity index (χ3n) is 5.69. The van der Waals surface area contributed by atoms with Gasteiger partial charge in [0, 0.05) is 36.8 Å². The Morgan fingerprint density at radius 3 is 2.39 bits per heavy atom. The number of benzene rings is 2. The first kappa shape index (κ1) is 27.0. The van der Waals surface area contributed by atoms with Gasteiger partial charge in [0.1, 0.15) is 11.3 Å². The smallest absolute Gasteiger partial charge is 0.419 e. The van der Waals surface area contributed by atoms with Gasteiger partial charge in [-0.2, -0.15) is 13.2 Å².